The maximum Gasteiger partial charge on any atom is 0.229 e. The smallest absolute Gasteiger partial charge is 0.229 e. The maximum atomic E-state index is 11.7. The Morgan fingerprint density at radius 2 is 0.781 bits per heavy atom. The Hall–Kier alpha value is -1.80. The van der Waals surface area contributed by atoms with Crippen molar-refractivity contribution in [3.8, 4) is 0 Å². The van der Waals surface area contributed by atoms with Crippen LogP contribution in [0.5, 0.6) is 0 Å². The number of carbonyl (C=O) groups excluding carboxylic acids is 4. The maximum absolute atomic E-state index is 11.7. The SMILES string of the molecule is C[N+](C)(CCCCCC[N+](C)(C)CCCN1C(=O)CCC1=O)CCCN1C(=O)CCC1=O. The first-order valence-corrected chi connectivity index (χ1v) is 12.3. The number of carbonyl (C=O) groups is 4. The van der Waals surface area contributed by atoms with Gasteiger partial charge in [-0.1, -0.05) is 0 Å². The Morgan fingerprint density at radius 1 is 0.500 bits per heavy atom. The Kier molecular flexibility index (Phi) is 9.83. The van der Waals surface area contributed by atoms with Gasteiger partial charge in [0.05, 0.1) is 54.4 Å². The Bertz CT molecular complexity index is 599. The standard InChI is InChI=1S/C24H44N4O4/c1-27(2,19-9-15-25-21(29)11-12-22(25)30)17-7-5-6-8-18-28(3,4)20-10-16-26-23(31)13-14-24(26)32/h5-20H2,1-4H3/q+2. The summed E-state index contributed by atoms with van der Waals surface area (Å²) in [5.74, 6) is -0.0568. The number of unbranched alkanes of at least 4 members (excludes halogenated alkanes) is 3. The Morgan fingerprint density at radius 3 is 1.09 bits per heavy atom. The van der Waals surface area contributed by atoms with E-state index in [1.54, 1.807) is 0 Å². The van der Waals surface area contributed by atoms with Crippen molar-refractivity contribution in [1.82, 2.24) is 9.80 Å². The number of amides is 4. The van der Waals surface area contributed by atoms with Gasteiger partial charge in [0.2, 0.25) is 23.6 Å². The van der Waals surface area contributed by atoms with Crippen molar-refractivity contribution < 1.29 is 28.1 Å². The van der Waals surface area contributed by atoms with Crippen molar-refractivity contribution in [2.45, 2.75) is 64.2 Å². The highest BCUT2D eigenvalue weighted by molar-refractivity contribution is 6.02. The number of nitrogens with zero attached hydrogens (tertiary/aromatic N) is 4. The highest BCUT2D eigenvalue weighted by Crippen LogP contribution is 2.15. The molecule has 8 heteroatoms. The zero-order valence-corrected chi connectivity index (χ0v) is 20.7. The molecule has 0 bridgehead atoms. The summed E-state index contributed by atoms with van der Waals surface area (Å²) in [6, 6.07) is 0. The van der Waals surface area contributed by atoms with Gasteiger partial charge >= 0.3 is 0 Å². The van der Waals surface area contributed by atoms with Gasteiger partial charge in [0, 0.05) is 51.6 Å². The second-order valence-electron chi connectivity index (χ2n) is 10.8. The molecular weight excluding hydrogens is 408 g/mol. The minimum absolute atomic E-state index is 0.0142. The summed E-state index contributed by atoms with van der Waals surface area (Å²) in [6.07, 6.45) is 8.03. The summed E-state index contributed by atoms with van der Waals surface area (Å²) >= 11 is 0. The highest BCUT2D eigenvalue weighted by Gasteiger charge is 2.30. The molecule has 4 amide bonds. The monoisotopic (exact) mass is 452 g/mol. The summed E-state index contributed by atoms with van der Waals surface area (Å²) < 4.78 is 1.84. The predicted molar refractivity (Wildman–Crippen MR) is 123 cm³/mol. The molecule has 0 spiro atoms. The second kappa shape index (κ2) is 11.9. The van der Waals surface area contributed by atoms with Crippen molar-refractivity contribution in [2.75, 3.05) is 67.5 Å². The number of hydrogen-bond acceptors (Lipinski definition) is 4. The molecule has 2 fully saturated rings. The molecule has 0 aromatic rings. The van der Waals surface area contributed by atoms with E-state index in [0.29, 0.717) is 38.8 Å². The van der Waals surface area contributed by atoms with Gasteiger partial charge in [-0.05, 0) is 25.7 Å². The third-order valence-electron chi connectivity index (χ3n) is 6.88. The minimum atomic E-state index is -0.0142. The van der Waals surface area contributed by atoms with Crippen LogP contribution in [0.25, 0.3) is 0 Å². The molecule has 2 aliphatic heterocycles. The zero-order chi connectivity index (χ0) is 23.8. The molecule has 0 atom stereocenters. The van der Waals surface area contributed by atoms with Crippen molar-refractivity contribution in [3.63, 3.8) is 0 Å². The third-order valence-corrected chi connectivity index (χ3v) is 6.88. The molecule has 32 heavy (non-hydrogen) atoms. The van der Waals surface area contributed by atoms with Gasteiger partial charge in [-0.25, -0.2) is 0 Å². The van der Waals surface area contributed by atoms with E-state index < -0.39 is 0 Å². The van der Waals surface area contributed by atoms with Gasteiger partial charge in [-0.2, -0.15) is 0 Å². The number of likely N-dealkylation sites (tertiary alicyclic amines) is 2. The largest absolute Gasteiger partial charge is 0.328 e. The third kappa shape index (κ3) is 8.62. The molecule has 2 rings (SSSR count). The van der Waals surface area contributed by atoms with Crippen LogP contribution in [0.3, 0.4) is 0 Å². The number of imide groups is 2. The van der Waals surface area contributed by atoms with E-state index in [1.165, 1.54) is 35.5 Å². The van der Waals surface area contributed by atoms with Crippen LogP contribution < -0.4 is 0 Å². The molecule has 0 unspecified atom stereocenters. The van der Waals surface area contributed by atoms with Crippen molar-refractivity contribution in [1.29, 1.82) is 0 Å². The lowest BCUT2D eigenvalue weighted by Crippen LogP contribution is -2.43. The van der Waals surface area contributed by atoms with Crippen molar-refractivity contribution in [2.24, 2.45) is 0 Å². The first kappa shape index (κ1) is 26.5. The molecule has 182 valence electrons. The summed E-state index contributed by atoms with van der Waals surface area (Å²) in [7, 11) is 8.90. The first-order valence-electron chi connectivity index (χ1n) is 12.3. The molecule has 0 saturated carbocycles. The molecule has 2 heterocycles. The fourth-order valence-corrected chi connectivity index (χ4v) is 4.72. The normalized spacial score (nSPS) is 17.9. The van der Waals surface area contributed by atoms with Gasteiger partial charge in [-0.3, -0.25) is 29.0 Å². The molecule has 0 N–H and O–H groups in total. The topological polar surface area (TPSA) is 74.8 Å². The lowest BCUT2D eigenvalue weighted by Gasteiger charge is -2.31. The van der Waals surface area contributed by atoms with E-state index in [-0.39, 0.29) is 23.6 Å². The Labute approximate surface area is 193 Å². The van der Waals surface area contributed by atoms with E-state index in [9.17, 15) is 19.2 Å². The average molecular weight is 453 g/mol. The number of quaternary nitrogens is 2. The number of rotatable bonds is 15. The van der Waals surface area contributed by atoms with E-state index in [4.69, 9.17) is 0 Å². The Balaban J connectivity index is 1.51. The van der Waals surface area contributed by atoms with Crippen molar-refractivity contribution >= 4 is 23.6 Å². The predicted octanol–water partition coefficient (Wildman–Crippen LogP) is 1.78. The summed E-state index contributed by atoms with van der Waals surface area (Å²) in [6.45, 7) is 5.29. The first-order chi connectivity index (χ1) is 15.0. The van der Waals surface area contributed by atoms with Gasteiger partial charge in [0.25, 0.3) is 0 Å². The summed E-state index contributed by atoms with van der Waals surface area (Å²) in [4.78, 5) is 49.7. The van der Waals surface area contributed by atoms with Crippen LogP contribution in [0.15, 0.2) is 0 Å². The second-order valence-corrected chi connectivity index (χ2v) is 10.8. The van der Waals surface area contributed by atoms with E-state index in [2.05, 4.69) is 28.2 Å². The molecule has 0 aliphatic carbocycles. The molecule has 8 nitrogen and oxygen atoms in total. The average Bonchev–Trinajstić information content (AvgIpc) is 3.20. The van der Waals surface area contributed by atoms with Gasteiger partial charge in [0.1, 0.15) is 0 Å². The molecule has 0 aromatic heterocycles. The quantitative estimate of drug-likeness (QED) is 0.216. The van der Waals surface area contributed by atoms with Crippen LogP contribution in [0.1, 0.15) is 64.2 Å². The van der Waals surface area contributed by atoms with Crippen molar-refractivity contribution in [3.05, 3.63) is 0 Å². The van der Waals surface area contributed by atoms with E-state index >= 15 is 0 Å². The lowest BCUT2D eigenvalue weighted by atomic mass is 10.1. The minimum Gasteiger partial charge on any atom is -0.328 e. The lowest BCUT2D eigenvalue weighted by molar-refractivity contribution is -0.891. The van der Waals surface area contributed by atoms with E-state index in [0.717, 1.165) is 48.0 Å². The summed E-state index contributed by atoms with van der Waals surface area (Å²) in [5, 5.41) is 0. The molecular formula is C24H44N4O4+2. The molecule has 2 saturated heterocycles. The van der Waals surface area contributed by atoms with Crippen LogP contribution in [-0.4, -0.2) is 110 Å². The van der Waals surface area contributed by atoms with Gasteiger partial charge in [-0.15, -0.1) is 0 Å². The van der Waals surface area contributed by atoms with Crippen LogP contribution >= 0.6 is 0 Å². The van der Waals surface area contributed by atoms with Crippen LogP contribution in [0.4, 0.5) is 0 Å². The van der Waals surface area contributed by atoms with Gasteiger partial charge < -0.3 is 8.97 Å². The zero-order valence-electron chi connectivity index (χ0n) is 20.7. The van der Waals surface area contributed by atoms with E-state index in [1.807, 2.05) is 0 Å². The molecule has 0 radical (unpaired) electrons. The van der Waals surface area contributed by atoms with Crippen LogP contribution in [0.2, 0.25) is 0 Å². The fourth-order valence-electron chi connectivity index (χ4n) is 4.72. The van der Waals surface area contributed by atoms with Crippen LogP contribution in [0, 0.1) is 0 Å². The van der Waals surface area contributed by atoms with Gasteiger partial charge in [0.15, 0.2) is 0 Å². The fraction of sp³-hybridized carbons (Fsp3) is 0.833. The molecule has 2 aliphatic rings. The molecule has 0 aromatic carbocycles. The summed E-state index contributed by atoms with van der Waals surface area (Å²) in [5.41, 5.74) is 0. The highest BCUT2D eigenvalue weighted by atomic mass is 16.2. The van der Waals surface area contributed by atoms with Crippen LogP contribution in [-0.2, 0) is 19.2 Å². The number of hydrogen-bond donors (Lipinski definition) is 0.